The molecule has 5 rings (SSSR count). The topological polar surface area (TPSA) is 102 Å². The molecule has 0 radical (unpaired) electrons. The Morgan fingerprint density at radius 2 is 1.95 bits per heavy atom. The summed E-state index contributed by atoms with van der Waals surface area (Å²) in [5.74, 6) is -1.96. The number of hydrogen-bond acceptors (Lipinski definition) is 7. The Hall–Kier alpha value is -3.93. The van der Waals surface area contributed by atoms with E-state index in [4.69, 9.17) is 10.5 Å². The largest absolute Gasteiger partial charge is 0.494 e. The van der Waals surface area contributed by atoms with Crippen LogP contribution in [0.1, 0.15) is 18.4 Å². The first kappa shape index (κ1) is 25.7. The predicted octanol–water partition coefficient (Wildman–Crippen LogP) is 4.25. The zero-order chi connectivity index (χ0) is 27.0. The fourth-order valence-electron chi connectivity index (χ4n) is 5.01. The maximum atomic E-state index is 14.9. The lowest BCUT2D eigenvalue weighted by Crippen LogP contribution is -2.43. The van der Waals surface area contributed by atoms with Gasteiger partial charge in [-0.05, 0) is 42.2 Å². The van der Waals surface area contributed by atoms with Crippen molar-refractivity contribution in [2.45, 2.75) is 31.9 Å². The monoisotopic (exact) mass is 530 g/mol. The van der Waals surface area contributed by atoms with Crippen molar-refractivity contribution in [2.75, 3.05) is 30.8 Å². The molecule has 200 valence electrons. The molecule has 2 atom stereocenters. The van der Waals surface area contributed by atoms with Crippen molar-refractivity contribution < 1.29 is 27.4 Å². The highest BCUT2D eigenvalue weighted by Crippen LogP contribution is 2.35. The molecule has 0 saturated carbocycles. The molecule has 0 amide bonds. The molecule has 2 unspecified atom stereocenters. The van der Waals surface area contributed by atoms with E-state index in [1.807, 2.05) is 4.90 Å². The van der Waals surface area contributed by atoms with Crippen molar-refractivity contribution in [1.82, 2.24) is 19.5 Å². The minimum absolute atomic E-state index is 0.0443. The molecule has 1 fully saturated rings. The number of piperidine rings is 1. The van der Waals surface area contributed by atoms with Crippen LogP contribution >= 0.6 is 0 Å². The fourth-order valence-corrected chi connectivity index (χ4v) is 5.01. The van der Waals surface area contributed by atoms with Crippen LogP contribution in [-0.4, -0.2) is 57.4 Å². The average molecular weight is 531 g/mol. The summed E-state index contributed by atoms with van der Waals surface area (Å²) >= 11 is 0. The SMILES string of the molecule is COc1cc(F)c(-c2ccc(N3CCCC(C(O)C(F)F)C3)c(Cn3cnc4c(N)ncnc43)c2)cc1F. The molecule has 3 N–H and O–H groups in total. The van der Waals surface area contributed by atoms with Gasteiger partial charge in [0.05, 0.1) is 20.0 Å². The lowest BCUT2D eigenvalue weighted by atomic mass is 9.91. The van der Waals surface area contributed by atoms with Gasteiger partial charge >= 0.3 is 0 Å². The highest BCUT2D eigenvalue weighted by Gasteiger charge is 2.32. The molecule has 2 aromatic heterocycles. The van der Waals surface area contributed by atoms with Crippen molar-refractivity contribution in [3.8, 4) is 16.9 Å². The van der Waals surface area contributed by atoms with E-state index in [0.717, 1.165) is 17.8 Å². The Morgan fingerprint density at radius 1 is 1.13 bits per heavy atom. The molecule has 38 heavy (non-hydrogen) atoms. The smallest absolute Gasteiger partial charge is 0.264 e. The highest BCUT2D eigenvalue weighted by atomic mass is 19.3. The van der Waals surface area contributed by atoms with Gasteiger partial charge in [-0.25, -0.2) is 32.5 Å². The van der Waals surface area contributed by atoms with Crippen LogP contribution in [0, 0.1) is 17.6 Å². The first-order chi connectivity index (χ1) is 18.3. The third-order valence-electron chi connectivity index (χ3n) is 6.94. The van der Waals surface area contributed by atoms with Crippen LogP contribution < -0.4 is 15.4 Å². The molecule has 1 aliphatic heterocycles. The number of aliphatic hydroxyl groups excluding tert-OH is 1. The Labute approximate surface area is 215 Å². The number of ether oxygens (including phenoxy) is 1. The number of imidazole rings is 1. The van der Waals surface area contributed by atoms with Gasteiger partial charge in [0.2, 0.25) is 0 Å². The third kappa shape index (κ3) is 4.83. The summed E-state index contributed by atoms with van der Waals surface area (Å²) in [6.45, 7) is 1.04. The molecule has 1 saturated heterocycles. The van der Waals surface area contributed by atoms with Crippen LogP contribution in [0.3, 0.4) is 0 Å². The third-order valence-corrected chi connectivity index (χ3v) is 6.94. The maximum Gasteiger partial charge on any atom is 0.264 e. The van der Waals surface area contributed by atoms with Crippen molar-refractivity contribution in [1.29, 1.82) is 0 Å². The number of aromatic nitrogens is 4. The van der Waals surface area contributed by atoms with E-state index in [0.29, 0.717) is 41.7 Å². The zero-order valence-electron chi connectivity index (χ0n) is 20.5. The maximum absolute atomic E-state index is 14.9. The van der Waals surface area contributed by atoms with E-state index in [1.54, 1.807) is 29.1 Å². The molecule has 0 aliphatic carbocycles. The van der Waals surface area contributed by atoms with Gasteiger partial charge in [-0.15, -0.1) is 0 Å². The highest BCUT2D eigenvalue weighted by molar-refractivity contribution is 5.81. The fraction of sp³-hybridized carbons (Fsp3) is 0.346. The predicted molar refractivity (Wildman–Crippen MR) is 134 cm³/mol. The second-order valence-corrected chi connectivity index (χ2v) is 9.29. The van der Waals surface area contributed by atoms with Gasteiger partial charge in [-0.2, -0.15) is 0 Å². The van der Waals surface area contributed by atoms with Crippen LogP contribution in [0.4, 0.5) is 29.1 Å². The molecular weight excluding hydrogens is 504 g/mol. The number of hydrogen-bond donors (Lipinski definition) is 2. The number of nitrogens with two attached hydrogens (primary N) is 1. The van der Waals surface area contributed by atoms with E-state index in [-0.39, 0.29) is 30.2 Å². The summed E-state index contributed by atoms with van der Waals surface area (Å²) < 4.78 is 62.5. The quantitative estimate of drug-likeness (QED) is 0.345. The van der Waals surface area contributed by atoms with E-state index in [2.05, 4.69) is 15.0 Å². The van der Waals surface area contributed by atoms with Gasteiger partial charge in [-0.1, -0.05) is 6.07 Å². The van der Waals surface area contributed by atoms with Crippen molar-refractivity contribution in [2.24, 2.45) is 5.92 Å². The van der Waals surface area contributed by atoms with E-state index in [9.17, 15) is 22.7 Å². The van der Waals surface area contributed by atoms with Crippen molar-refractivity contribution >= 4 is 22.7 Å². The van der Waals surface area contributed by atoms with Gasteiger partial charge in [0.25, 0.3) is 6.43 Å². The zero-order valence-corrected chi connectivity index (χ0v) is 20.5. The molecule has 8 nitrogen and oxygen atoms in total. The van der Waals surface area contributed by atoms with E-state index < -0.39 is 30.1 Å². The van der Waals surface area contributed by atoms with Crippen LogP contribution in [0.25, 0.3) is 22.3 Å². The minimum atomic E-state index is -2.84. The summed E-state index contributed by atoms with van der Waals surface area (Å²) in [5, 5.41) is 10.0. The number of nitrogens with zero attached hydrogens (tertiary/aromatic N) is 5. The van der Waals surface area contributed by atoms with E-state index >= 15 is 0 Å². The first-order valence-corrected chi connectivity index (χ1v) is 12.1. The molecule has 0 spiro atoms. The lowest BCUT2D eigenvalue weighted by molar-refractivity contribution is -0.0415. The Kier molecular flexibility index (Phi) is 7.06. The number of rotatable bonds is 7. The molecule has 3 heterocycles. The number of halogens is 4. The molecule has 4 aromatic rings. The Balaban J connectivity index is 1.58. The van der Waals surface area contributed by atoms with Crippen LogP contribution in [-0.2, 0) is 6.54 Å². The molecule has 1 aliphatic rings. The normalized spacial score (nSPS) is 16.8. The molecule has 0 bridgehead atoms. The van der Waals surface area contributed by atoms with Crippen molar-refractivity contribution in [3.05, 3.63) is 60.2 Å². The second kappa shape index (κ2) is 10.4. The summed E-state index contributed by atoms with van der Waals surface area (Å²) in [7, 11) is 1.26. The number of aliphatic hydroxyl groups is 1. The molecule has 12 heteroatoms. The average Bonchev–Trinajstić information content (AvgIpc) is 3.33. The van der Waals surface area contributed by atoms with Gasteiger partial charge in [0.15, 0.2) is 23.0 Å². The number of anilines is 2. The summed E-state index contributed by atoms with van der Waals surface area (Å²) in [6.07, 6.45) is -0.589. The number of alkyl halides is 2. The number of benzene rings is 2. The lowest BCUT2D eigenvalue weighted by Gasteiger charge is -2.37. The van der Waals surface area contributed by atoms with Crippen LogP contribution in [0.15, 0.2) is 43.0 Å². The van der Waals surface area contributed by atoms with Gasteiger partial charge in [0.1, 0.15) is 23.8 Å². The molecular formula is C26H26F4N6O2. The summed E-state index contributed by atoms with van der Waals surface area (Å²) in [6, 6.07) is 7.20. The summed E-state index contributed by atoms with van der Waals surface area (Å²) in [5.41, 5.74) is 8.71. The Bertz CT molecular complexity index is 1460. The minimum Gasteiger partial charge on any atom is -0.494 e. The number of nitrogen functional groups attached to an aromatic ring is 1. The second-order valence-electron chi connectivity index (χ2n) is 9.29. The van der Waals surface area contributed by atoms with Gasteiger partial charge < -0.3 is 25.0 Å². The van der Waals surface area contributed by atoms with Gasteiger partial charge in [-0.3, -0.25) is 0 Å². The number of fused-ring (bicyclic) bond motifs is 1. The Morgan fingerprint density at radius 3 is 2.71 bits per heavy atom. The van der Waals surface area contributed by atoms with Gasteiger partial charge in [0, 0.05) is 36.3 Å². The standard InChI is InChI=1S/C26H26F4N6O2/c1-38-21-9-18(27)17(8-19(21)28)14-4-5-20(35-6-2-3-15(10-35)23(37)24(29)30)16(7-14)11-36-13-34-22-25(31)32-12-33-26(22)36/h4-5,7-9,12-13,15,23-24,37H,2-3,6,10-11H2,1H3,(H2,31,32,33). The first-order valence-electron chi connectivity index (χ1n) is 12.1. The molecule has 2 aromatic carbocycles. The van der Waals surface area contributed by atoms with Crippen LogP contribution in [0.5, 0.6) is 5.75 Å². The van der Waals surface area contributed by atoms with Crippen LogP contribution in [0.2, 0.25) is 0 Å². The number of methoxy groups -OCH3 is 1. The summed E-state index contributed by atoms with van der Waals surface area (Å²) in [4.78, 5) is 14.5. The van der Waals surface area contributed by atoms with E-state index in [1.165, 1.54) is 13.4 Å². The van der Waals surface area contributed by atoms with Crippen molar-refractivity contribution in [3.63, 3.8) is 0 Å².